The Kier molecular flexibility index (Phi) is 5.33. The summed E-state index contributed by atoms with van der Waals surface area (Å²) < 4.78 is 5.42. The van der Waals surface area contributed by atoms with Crippen LogP contribution in [0.25, 0.3) is 0 Å². The third kappa shape index (κ3) is 2.99. The van der Waals surface area contributed by atoms with Gasteiger partial charge in [0.05, 0.1) is 7.11 Å². The van der Waals surface area contributed by atoms with Crippen molar-refractivity contribution in [2.24, 2.45) is 5.92 Å². The van der Waals surface area contributed by atoms with E-state index in [1.807, 2.05) is 19.2 Å². The second-order valence-electron chi connectivity index (χ2n) is 4.27. The van der Waals surface area contributed by atoms with Gasteiger partial charge in [0.15, 0.2) is 0 Å². The van der Waals surface area contributed by atoms with Crippen LogP contribution in [0.5, 0.6) is 5.75 Å². The first-order valence-corrected chi connectivity index (χ1v) is 6.04. The fourth-order valence-corrected chi connectivity index (χ4v) is 2.29. The monoisotopic (exact) mass is 221 g/mol. The van der Waals surface area contributed by atoms with Crippen molar-refractivity contribution in [3.05, 3.63) is 29.8 Å². The molecule has 2 heteroatoms. The number of rotatable bonds is 6. The van der Waals surface area contributed by atoms with Crippen molar-refractivity contribution in [1.82, 2.24) is 5.32 Å². The Bertz CT molecular complexity index is 311. The number of para-hydroxylation sites is 1. The van der Waals surface area contributed by atoms with Gasteiger partial charge in [-0.1, -0.05) is 38.5 Å². The molecule has 90 valence electrons. The van der Waals surface area contributed by atoms with Gasteiger partial charge >= 0.3 is 0 Å². The molecule has 0 amide bonds. The fourth-order valence-electron chi connectivity index (χ4n) is 2.29. The van der Waals surface area contributed by atoms with Crippen molar-refractivity contribution < 1.29 is 4.74 Å². The van der Waals surface area contributed by atoms with E-state index in [-0.39, 0.29) is 0 Å². The number of nitrogens with one attached hydrogen (secondary N) is 1. The normalized spacial score (nSPS) is 14.5. The lowest BCUT2D eigenvalue weighted by molar-refractivity contribution is 0.356. The van der Waals surface area contributed by atoms with Crippen molar-refractivity contribution in [3.8, 4) is 5.75 Å². The van der Waals surface area contributed by atoms with E-state index in [2.05, 4.69) is 31.3 Å². The molecule has 1 aromatic rings. The minimum absolute atomic E-state index is 0.371. The molecule has 0 aliphatic rings. The van der Waals surface area contributed by atoms with Crippen LogP contribution in [0, 0.1) is 5.92 Å². The van der Waals surface area contributed by atoms with Crippen LogP contribution in [0.2, 0.25) is 0 Å². The fraction of sp³-hybridized carbons (Fsp3) is 0.571. The lowest BCUT2D eigenvalue weighted by Crippen LogP contribution is -2.24. The maximum absolute atomic E-state index is 5.42. The van der Waals surface area contributed by atoms with Gasteiger partial charge in [0.2, 0.25) is 0 Å². The van der Waals surface area contributed by atoms with Crippen LogP contribution in [-0.2, 0) is 0 Å². The quantitative estimate of drug-likeness (QED) is 0.795. The first-order chi connectivity index (χ1) is 7.74. The van der Waals surface area contributed by atoms with Crippen LogP contribution in [0.4, 0.5) is 0 Å². The van der Waals surface area contributed by atoms with Crippen molar-refractivity contribution in [2.45, 2.75) is 32.7 Å². The molecule has 1 rings (SSSR count). The van der Waals surface area contributed by atoms with Gasteiger partial charge in [0.25, 0.3) is 0 Å². The van der Waals surface area contributed by atoms with Gasteiger partial charge in [-0.05, 0) is 25.5 Å². The van der Waals surface area contributed by atoms with Crippen LogP contribution >= 0.6 is 0 Å². The molecule has 0 fully saturated rings. The average Bonchev–Trinajstić information content (AvgIpc) is 2.31. The van der Waals surface area contributed by atoms with Crippen LogP contribution in [0.1, 0.15) is 38.3 Å². The molecule has 2 unspecified atom stereocenters. The molecule has 0 radical (unpaired) electrons. The Labute approximate surface area is 99.0 Å². The highest BCUT2D eigenvalue weighted by atomic mass is 16.5. The molecule has 0 heterocycles. The largest absolute Gasteiger partial charge is 0.496 e. The van der Waals surface area contributed by atoms with E-state index < -0.39 is 0 Å². The SMILES string of the molecule is CCCC(C)C(NC)c1ccccc1OC. The third-order valence-corrected chi connectivity index (χ3v) is 3.10. The van der Waals surface area contributed by atoms with Crippen LogP contribution < -0.4 is 10.1 Å². The van der Waals surface area contributed by atoms with Crippen LogP contribution in [-0.4, -0.2) is 14.2 Å². The molecular weight excluding hydrogens is 198 g/mol. The molecule has 2 nitrogen and oxygen atoms in total. The van der Waals surface area contributed by atoms with Gasteiger partial charge in [-0.2, -0.15) is 0 Å². The summed E-state index contributed by atoms with van der Waals surface area (Å²) in [6.07, 6.45) is 2.44. The molecule has 16 heavy (non-hydrogen) atoms. The predicted octanol–water partition coefficient (Wildman–Crippen LogP) is 3.39. The summed E-state index contributed by atoms with van der Waals surface area (Å²) >= 11 is 0. The zero-order valence-corrected chi connectivity index (χ0v) is 10.8. The zero-order chi connectivity index (χ0) is 12.0. The molecule has 0 spiro atoms. The topological polar surface area (TPSA) is 21.3 Å². The van der Waals surface area contributed by atoms with Crippen molar-refractivity contribution in [2.75, 3.05) is 14.2 Å². The standard InChI is InChI=1S/C14H23NO/c1-5-8-11(2)14(15-3)12-9-6-7-10-13(12)16-4/h6-7,9-11,14-15H,5,8H2,1-4H3. The Morgan fingerprint density at radius 1 is 1.31 bits per heavy atom. The highest BCUT2D eigenvalue weighted by Crippen LogP contribution is 2.31. The lowest BCUT2D eigenvalue weighted by atomic mass is 9.90. The van der Waals surface area contributed by atoms with E-state index in [4.69, 9.17) is 4.74 Å². The summed E-state index contributed by atoms with van der Waals surface area (Å²) in [7, 11) is 3.75. The third-order valence-electron chi connectivity index (χ3n) is 3.10. The molecule has 0 aromatic heterocycles. The van der Waals surface area contributed by atoms with E-state index >= 15 is 0 Å². The maximum atomic E-state index is 5.42. The van der Waals surface area contributed by atoms with E-state index in [0.717, 1.165) is 5.75 Å². The van der Waals surface area contributed by atoms with Gasteiger partial charge in [-0.15, -0.1) is 0 Å². The predicted molar refractivity (Wildman–Crippen MR) is 68.9 cm³/mol. The van der Waals surface area contributed by atoms with Gasteiger partial charge in [0.1, 0.15) is 5.75 Å². The number of methoxy groups -OCH3 is 1. The van der Waals surface area contributed by atoms with E-state index in [1.54, 1.807) is 7.11 Å². The lowest BCUT2D eigenvalue weighted by Gasteiger charge is -2.25. The summed E-state index contributed by atoms with van der Waals surface area (Å²) in [6, 6.07) is 8.63. The van der Waals surface area contributed by atoms with Crippen molar-refractivity contribution >= 4 is 0 Å². The summed E-state index contributed by atoms with van der Waals surface area (Å²) in [4.78, 5) is 0. The first kappa shape index (κ1) is 13.0. The molecule has 1 N–H and O–H groups in total. The van der Waals surface area contributed by atoms with Gasteiger partial charge in [-0.3, -0.25) is 0 Å². The molecule has 0 saturated carbocycles. The van der Waals surface area contributed by atoms with E-state index in [9.17, 15) is 0 Å². The number of benzene rings is 1. The second-order valence-corrected chi connectivity index (χ2v) is 4.27. The van der Waals surface area contributed by atoms with Gasteiger partial charge in [0, 0.05) is 11.6 Å². The smallest absolute Gasteiger partial charge is 0.123 e. The highest BCUT2D eigenvalue weighted by molar-refractivity contribution is 5.36. The zero-order valence-electron chi connectivity index (χ0n) is 10.8. The van der Waals surface area contributed by atoms with Crippen LogP contribution in [0.15, 0.2) is 24.3 Å². The van der Waals surface area contributed by atoms with Crippen LogP contribution in [0.3, 0.4) is 0 Å². The Morgan fingerprint density at radius 3 is 2.56 bits per heavy atom. The number of ether oxygens (including phenoxy) is 1. The Morgan fingerprint density at radius 2 is 2.00 bits per heavy atom. The first-order valence-electron chi connectivity index (χ1n) is 6.04. The number of hydrogen-bond donors (Lipinski definition) is 1. The summed E-state index contributed by atoms with van der Waals surface area (Å²) in [5.74, 6) is 1.59. The van der Waals surface area contributed by atoms with Crippen molar-refractivity contribution in [1.29, 1.82) is 0 Å². The molecule has 1 aromatic carbocycles. The van der Waals surface area contributed by atoms with Gasteiger partial charge < -0.3 is 10.1 Å². The number of hydrogen-bond acceptors (Lipinski definition) is 2. The highest BCUT2D eigenvalue weighted by Gasteiger charge is 2.19. The van der Waals surface area contributed by atoms with E-state index in [1.165, 1.54) is 18.4 Å². The molecular formula is C14H23NO. The minimum atomic E-state index is 0.371. The Hall–Kier alpha value is -1.02. The maximum Gasteiger partial charge on any atom is 0.123 e. The van der Waals surface area contributed by atoms with E-state index in [0.29, 0.717) is 12.0 Å². The second kappa shape index (κ2) is 6.54. The molecule has 0 bridgehead atoms. The Balaban J connectivity index is 2.93. The van der Waals surface area contributed by atoms with Crippen molar-refractivity contribution in [3.63, 3.8) is 0 Å². The summed E-state index contributed by atoms with van der Waals surface area (Å²) in [5.41, 5.74) is 1.26. The summed E-state index contributed by atoms with van der Waals surface area (Å²) in [6.45, 7) is 4.52. The minimum Gasteiger partial charge on any atom is -0.496 e. The molecule has 0 aliphatic carbocycles. The van der Waals surface area contributed by atoms with Gasteiger partial charge in [-0.25, -0.2) is 0 Å². The average molecular weight is 221 g/mol. The molecule has 0 saturated heterocycles. The summed E-state index contributed by atoms with van der Waals surface area (Å²) in [5, 5.41) is 3.40. The molecule has 0 aliphatic heterocycles. The molecule has 2 atom stereocenters.